The Morgan fingerprint density at radius 1 is 0.791 bits per heavy atom. The van der Waals surface area contributed by atoms with Gasteiger partial charge in [0.15, 0.2) is 0 Å². The summed E-state index contributed by atoms with van der Waals surface area (Å²) in [6.07, 6.45) is 17.5. The molecule has 3 aromatic carbocycles. The van der Waals surface area contributed by atoms with Gasteiger partial charge in [0, 0.05) is 100 Å². The van der Waals surface area contributed by atoms with Gasteiger partial charge in [-0.1, -0.05) is 42.5 Å². The number of ether oxygens (including phenoxy) is 3. The Kier molecular flexibility index (Phi) is 21.1. The third-order valence-electron chi connectivity index (χ3n) is 17.0. The highest BCUT2D eigenvalue weighted by Crippen LogP contribution is 2.40. The van der Waals surface area contributed by atoms with Gasteiger partial charge in [0.1, 0.15) is 23.9 Å². The van der Waals surface area contributed by atoms with E-state index in [1.807, 2.05) is 72.8 Å². The van der Waals surface area contributed by atoms with Crippen LogP contribution >= 0.6 is 11.5 Å². The fourth-order valence-electron chi connectivity index (χ4n) is 12.3. The van der Waals surface area contributed by atoms with Crippen LogP contribution in [0.25, 0.3) is 22.3 Å². The molecule has 0 bridgehead atoms. The first kappa shape index (κ1) is 61.4. The zero-order valence-electron chi connectivity index (χ0n) is 48.5. The number of anilines is 1. The Labute approximate surface area is 507 Å². The number of benzene rings is 3. The minimum Gasteiger partial charge on any atom is -0.455 e. The highest BCUT2D eigenvalue weighted by Gasteiger charge is 2.43. The van der Waals surface area contributed by atoms with Gasteiger partial charge in [0.05, 0.1) is 46.9 Å². The number of piperidine rings is 1. The number of rotatable bonds is 25. The Bertz CT molecular complexity index is 3400. The van der Waals surface area contributed by atoms with Crippen LogP contribution in [-0.2, 0) is 45.2 Å². The number of hydrogen-bond donors (Lipinski definition) is 4. The Morgan fingerprint density at radius 2 is 1.56 bits per heavy atom. The lowest BCUT2D eigenvalue weighted by molar-refractivity contribution is -0.138. The summed E-state index contributed by atoms with van der Waals surface area (Å²) >= 11 is 0.903. The summed E-state index contributed by atoms with van der Waals surface area (Å²) in [7, 11) is -2.31. The Balaban J connectivity index is 0.594. The van der Waals surface area contributed by atoms with Crippen LogP contribution in [-0.4, -0.2) is 126 Å². The number of carbonyl (C=O) groups excluding carboxylic acids is 4. The molecule has 86 heavy (non-hydrogen) atoms. The summed E-state index contributed by atoms with van der Waals surface area (Å²) in [5, 5.41) is 20.0. The lowest BCUT2D eigenvalue weighted by Gasteiger charge is -2.36. The maximum Gasteiger partial charge on any atom is 0.263 e. The Morgan fingerprint density at radius 3 is 2.29 bits per heavy atom. The number of likely N-dealkylation sites (tertiary alicyclic amines) is 2. The van der Waals surface area contributed by atoms with E-state index in [0.717, 1.165) is 135 Å². The van der Waals surface area contributed by atoms with Crippen LogP contribution in [0.4, 0.5) is 5.13 Å². The lowest BCUT2D eigenvalue weighted by atomic mass is 9.84. The van der Waals surface area contributed by atoms with Crippen LogP contribution in [0, 0.1) is 29.1 Å². The number of pyridine rings is 2. The van der Waals surface area contributed by atoms with E-state index in [9.17, 15) is 32.9 Å². The van der Waals surface area contributed by atoms with Crippen molar-refractivity contribution in [2.24, 2.45) is 17.8 Å². The number of hydrogen-bond acceptors (Lipinski definition) is 16. The molecule has 20 nitrogen and oxygen atoms in total. The molecule has 452 valence electrons. The van der Waals surface area contributed by atoms with Crippen molar-refractivity contribution < 1.29 is 41.8 Å². The van der Waals surface area contributed by atoms with Crippen molar-refractivity contribution in [2.75, 3.05) is 51.2 Å². The highest BCUT2D eigenvalue weighted by molar-refractivity contribution is 7.93. The predicted octanol–water partition coefficient (Wildman–Crippen LogP) is 8.98. The van der Waals surface area contributed by atoms with Crippen LogP contribution in [0.2, 0.25) is 0 Å². The number of nitrogens with one attached hydrogen (secondary N) is 4. The van der Waals surface area contributed by atoms with Crippen LogP contribution in [0.3, 0.4) is 0 Å². The molecule has 4 aliphatic rings. The second-order valence-electron chi connectivity index (χ2n) is 22.8. The molecule has 4 amide bonds. The van der Waals surface area contributed by atoms with Gasteiger partial charge in [-0.3, -0.25) is 33.9 Å². The van der Waals surface area contributed by atoms with E-state index in [4.69, 9.17) is 14.2 Å². The third kappa shape index (κ3) is 16.2. The molecule has 2 aliphatic heterocycles. The lowest BCUT2D eigenvalue weighted by Crippen LogP contribution is -2.45. The fourth-order valence-corrected chi connectivity index (χ4v) is 13.9. The predicted molar refractivity (Wildman–Crippen MR) is 325 cm³/mol. The standard InChI is InChI=1S/C64H75N11O9S2/c1-74-60(77)38-56(61(74)48-9-5-27-66-40-48)62(78)69-30-34-83-53-18-16-52(17-19-53)82-33-6-10-59(76)72-50-14-11-45(12-15-50)63(79)75-31-25-43(26-32-75)23-28-67-41-51-35-47(24-29-68-51)55-37-46(44-7-3-2-4-8-44)13-21-58(55)84-57-22-20-54(36-49(57)39-65)86(80,81)73-64-70-42-71-85-64/h2-5,7-9,13,20-22,24,27,29,35-37,40,42-43,45,50,52-53,56,61,67H,6,10-12,14-19,23,25-26,28,30-34,38,41H2,1H3,(H,69,78)(H,72,76)(H,70,71,73)/t45?,50?,52?,53?,56-,61+/m0/s1. The zero-order chi connectivity index (χ0) is 59.8. The third-order valence-corrected chi connectivity index (χ3v) is 19.1. The molecule has 2 atom stereocenters. The fraction of sp³-hybridized carbons (Fsp3) is 0.453. The second-order valence-corrected chi connectivity index (χ2v) is 25.2. The number of amides is 4. The molecule has 0 unspecified atom stereocenters. The van der Waals surface area contributed by atoms with Crippen molar-refractivity contribution in [1.82, 2.24) is 45.1 Å². The first-order valence-electron chi connectivity index (χ1n) is 30.0. The molecule has 6 aromatic rings. The van der Waals surface area contributed by atoms with Crippen molar-refractivity contribution in [2.45, 2.75) is 126 Å². The summed E-state index contributed by atoms with van der Waals surface area (Å²) in [6.45, 7) is 4.17. The number of nitriles is 1. The SMILES string of the molecule is CN1C(=O)C[C@H](C(=O)NCCOC2CCC(OCCCC(=O)NC3CCC(C(=O)N4CCC(CCNCc5cc(-c6cc(-c7ccccc7)ccc6Oc6ccc(S(=O)(=O)Nc7ncns7)cc6C#N)ccn5)CC4)CC3)CC2)[C@H]1c1cccnc1. The monoisotopic (exact) mass is 1210 g/mol. The van der Waals surface area contributed by atoms with Gasteiger partial charge in [-0.2, -0.15) is 9.64 Å². The molecule has 10 rings (SSSR count). The first-order chi connectivity index (χ1) is 41.9. The average molecular weight is 1210 g/mol. The summed E-state index contributed by atoms with van der Waals surface area (Å²) in [5.41, 5.74) is 5.35. The smallest absolute Gasteiger partial charge is 0.263 e. The van der Waals surface area contributed by atoms with Crippen molar-refractivity contribution in [3.63, 3.8) is 0 Å². The van der Waals surface area contributed by atoms with E-state index in [-0.39, 0.29) is 81.6 Å². The summed E-state index contributed by atoms with van der Waals surface area (Å²) in [4.78, 5) is 68.5. The normalized spacial score (nSPS) is 20.9. The summed E-state index contributed by atoms with van der Waals surface area (Å²) in [6, 6.07) is 29.5. The van der Waals surface area contributed by atoms with Crippen molar-refractivity contribution in [3.8, 4) is 39.8 Å². The molecule has 22 heteroatoms. The largest absolute Gasteiger partial charge is 0.455 e. The second kappa shape index (κ2) is 29.6. The van der Waals surface area contributed by atoms with Crippen molar-refractivity contribution >= 4 is 50.3 Å². The van der Waals surface area contributed by atoms with E-state index in [2.05, 4.69) is 51.0 Å². The van der Waals surface area contributed by atoms with Gasteiger partial charge in [0.2, 0.25) is 28.8 Å². The summed E-state index contributed by atoms with van der Waals surface area (Å²) < 4.78 is 51.2. The van der Waals surface area contributed by atoms with Crippen molar-refractivity contribution in [1.29, 1.82) is 5.26 Å². The minimum atomic E-state index is -4.04. The van der Waals surface area contributed by atoms with Gasteiger partial charge in [-0.05, 0) is 160 Å². The molecular formula is C64H75N11O9S2. The van der Waals surface area contributed by atoms with E-state index in [1.54, 1.807) is 30.5 Å². The molecule has 3 aromatic heterocycles. The van der Waals surface area contributed by atoms with E-state index in [0.29, 0.717) is 50.8 Å². The topological polar surface area (TPSA) is 260 Å². The van der Waals surface area contributed by atoms with Gasteiger partial charge >= 0.3 is 0 Å². The number of nitrogens with zero attached hydrogens (tertiary/aromatic N) is 7. The number of aromatic nitrogens is 4. The zero-order valence-corrected chi connectivity index (χ0v) is 50.1. The van der Waals surface area contributed by atoms with E-state index < -0.39 is 15.9 Å². The van der Waals surface area contributed by atoms with Crippen LogP contribution in [0.5, 0.6) is 11.5 Å². The van der Waals surface area contributed by atoms with Gasteiger partial charge < -0.3 is 40.0 Å². The molecular weight excluding hydrogens is 1130 g/mol. The maximum absolute atomic E-state index is 13.7. The molecule has 0 spiro atoms. The number of sulfonamides is 1. The van der Waals surface area contributed by atoms with E-state index in [1.165, 1.54) is 24.5 Å². The molecule has 0 radical (unpaired) electrons. The molecule has 2 saturated heterocycles. The average Bonchev–Trinajstić information content (AvgIpc) is 2.45. The van der Waals surface area contributed by atoms with Crippen LogP contribution < -0.4 is 25.4 Å². The van der Waals surface area contributed by atoms with Gasteiger partial charge in [-0.15, -0.1) is 0 Å². The minimum absolute atomic E-state index is 0.00460. The number of carbonyl (C=O) groups is 4. The molecule has 5 heterocycles. The quantitative estimate of drug-likeness (QED) is 0.0390. The van der Waals surface area contributed by atoms with E-state index >= 15 is 0 Å². The van der Waals surface area contributed by atoms with Gasteiger partial charge in [-0.25, -0.2) is 13.4 Å². The first-order valence-corrected chi connectivity index (χ1v) is 32.2. The van der Waals surface area contributed by atoms with Gasteiger partial charge in [0.25, 0.3) is 10.0 Å². The summed E-state index contributed by atoms with van der Waals surface area (Å²) in [5.74, 6) is 0.785. The van der Waals surface area contributed by atoms with Crippen LogP contribution in [0.15, 0.2) is 121 Å². The van der Waals surface area contributed by atoms with Crippen molar-refractivity contribution in [3.05, 3.63) is 133 Å². The molecule has 4 fully saturated rings. The van der Waals surface area contributed by atoms with Crippen LogP contribution in [0.1, 0.15) is 113 Å². The molecule has 4 N–H and O–H groups in total. The highest BCUT2D eigenvalue weighted by atomic mass is 32.2. The molecule has 2 saturated carbocycles. The Hall–Kier alpha value is -7.68. The molecule has 2 aliphatic carbocycles. The maximum atomic E-state index is 13.7.